The number of carbonyl (C=O) groups is 1. The zero-order chi connectivity index (χ0) is 11.4. The first-order valence-corrected chi connectivity index (χ1v) is 4.42. The van der Waals surface area contributed by atoms with Crippen molar-refractivity contribution < 1.29 is 4.79 Å². The molecule has 1 aromatic carbocycles. The zero-order valence-corrected chi connectivity index (χ0v) is 8.08. The second kappa shape index (κ2) is 4.28. The monoisotopic (exact) mass is 217 g/mol. The number of hydrogen-bond donors (Lipinski definition) is 2. The number of carbonyl (C=O) groups excluding carboxylic acids is 1. The summed E-state index contributed by atoms with van der Waals surface area (Å²) in [6.45, 7) is -0.0734. The fraction of sp³-hybridized carbons (Fsp3) is 0.125. The maximum atomic E-state index is 11.7. The van der Waals surface area contributed by atoms with Crippen molar-refractivity contribution in [2.24, 2.45) is 5.22 Å². The van der Waals surface area contributed by atoms with Gasteiger partial charge < -0.3 is 0 Å². The van der Waals surface area contributed by atoms with Crippen molar-refractivity contribution in [2.75, 3.05) is 6.54 Å². The summed E-state index contributed by atoms with van der Waals surface area (Å²) in [5, 5.41) is 13.3. The molecule has 0 saturated carbocycles. The van der Waals surface area contributed by atoms with E-state index >= 15 is 0 Å². The van der Waals surface area contributed by atoms with Crippen LogP contribution in [-0.4, -0.2) is 27.7 Å². The summed E-state index contributed by atoms with van der Waals surface area (Å²) in [4.78, 5) is 14.2. The molecule has 1 aromatic heterocycles. The number of azide groups is 1. The van der Waals surface area contributed by atoms with E-state index in [1.54, 1.807) is 18.2 Å². The molecule has 0 unspecified atom stereocenters. The van der Waals surface area contributed by atoms with Gasteiger partial charge in [-0.1, -0.05) is 6.07 Å². The molecule has 0 saturated heterocycles. The highest BCUT2D eigenvalue weighted by Gasteiger charge is 2.12. The number of aromatic amines is 1. The average Bonchev–Trinajstić information content (AvgIpc) is 2.76. The largest absolute Gasteiger partial charge is 0.290 e. The van der Waals surface area contributed by atoms with Crippen molar-refractivity contribution >= 4 is 16.8 Å². The Morgan fingerprint density at radius 3 is 3.25 bits per heavy atom. The molecule has 8 heteroatoms. The molecule has 0 fully saturated rings. The van der Waals surface area contributed by atoms with Gasteiger partial charge >= 0.3 is 0 Å². The molecule has 2 N–H and O–H groups in total. The summed E-state index contributed by atoms with van der Waals surface area (Å²) in [6, 6.07) is 5.10. The molecule has 0 bridgehead atoms. The van der Waals surface area contributed by atoms with Gasteiger partial charge in [0.2, 0.25) is 5.78 Å². The van der Waals surface area contributed by atoms with Crippen molar-refractivity contribution in [3.05, 3.63) is 34.2 Å². The Balaban J connectivity index is 2.28. The lowest BCUT2D eigenvalue weighted by Gasteiger charge is -1.97. The highest BCUT2D eigenvalue weighted by molar-refractivity contribution is 6.06. The Morgan fingerprint density at radius 2 is 2.44 bits per heavy atom. The smallest absolute Gasteiger partial charge is 0.206 e. The third-order valence-electron chi connectivity index (χ3n) is 2.00. The van der Waals surface area contributed by atoms with Crippen LogP contribution in [0, 0.1) is 0 Å². The minimum Gasteiger partial charge on any atom is -0.290 e. The Morgan fingerprint density at radius 1 is 1.56 bits per heavy atom. The quantitative estimate of drug-likeness (QED) is 0.260. The van der Waals surface area contributed by atoms with E-state index in [2.05, 4.69) is 31.0 Å². The second-order valence-corrected chi connectivity index (χ2v) is 2.94. The number of Topliss-reactive ketones (excluding diaryl/α,β-unsaturated/α-hetero) is 1. The maximum absolute atomic E-state index is 11.7. The van der Waals surface area contributed by atoms with E-state index in [1.165, 1.54) is 0 Å². The molecule has 0 radical (unpaired) electrons. The molecule has 0 aliphatic rings. The van der Waals surface area contributed by atoms with Gasteiger partial charge in [-0.25, -0.2) is 0 Å². The number of hydrogen-bond acceptors (Lipinski definition) is 4. The number of para-hydroxylation sites is 1. The Bertz CT molecular complexity index is 569. The summed E-state index contributed by atoms with van der Waals surface area (Å²) >= 11 is 0. The number of ketones is 1. The second-order valence-electron chi connectivity index (χ2n) is 2.94. The van der Waals surface area contributed by atoms with E-state index in [-0.39, 0.29) is 12.3 Å². The molecule has 1 heterocycles. The number of aromatic nitrogens is 3. The molecule has 16 heavy (non-hydrogen) atoms. The van der Waals surface area contributed by atoms with Crippen LogP contribution in [0.5, 0.6) is 0 Å². The van der Waals surface area contributed by atoms with Crippen LogP contribution in [0.4, 0.5) is 0 Å². The zero-order valence-electron chi connectivity index (χ0n) is 8.08. The summed E-state index contributed by atoms with van der Waals surface area (Å²) in [7, 11) is 0. The predicted octanol–water partition coefficient (Wildman–Crippen LogP) is 0.955. The molecule has 2 aromatic rings. The van der Waals surface area contributed by atoms with Crippen molar-refractivity contribution in [3.8, 4) is 0 Å². The normalized spacial score (nSPS) is 9.75. The van der Waals surface area contributed by atoms with Gasteiger partial charge in [-0.2, -0.15) is 20.3 Å². The van der Waals surface area contributed by atoms with Gasteiger partial charge in [-0.3, -0.25) is 10.2 Å². The number of H-pyrrole nitrogens is 1. The third-order valence-corrected chi connectivity index (χ3v) is 2.00. The van der Waals surface area contributed by atoms with E-state index in [9.17, 15) is 4.79 Å². The SMILES string of the molecule is [N-]=[N+]=NNCC(=O)c1cccc2n[nH]nc12. The third kappa shape index (κ3) is 1.77. The van der Waals surface area contributed by atoms with E-state index in [4.69, 9.17) is 5.53 Å². The van der Waals surface area contributed by atoms with Gasteiger partial charge in [0, 0.05) is 0 Å². The summed E-state index contributed by atoms with van der Waals surface area (Å²) in [6.07, 6.45) is 0. The molecule has 0 aliphatic carbocycles. The van der Waals surface area contributed by atoms with Crippen LogP contribution in [0.2, 0.25) is 0 Å². The minimum atomic E-state index is -0.216. The standard InChI is InChI=1S/C8H7N7O/c9-13-14-10-4-7(16)5-2-1-3-6-8(5)12-15-11-6/h1-3,10H,4H2,(H,11,12,15). The molecular formula is C8H7N7O. The van der Waals surface area contributed by atoms with E-state index in [0.717, 1.165) is 0 Å². The summed E-state index contributed by atoms with van der Waals surface area (Å²) < 4.78 is 0. The lowest BCUT2D eigenvalue weighted by atomic mass is 10.1. The summed E-state index contributed by atoms with van der Waals surface area (Å²) in [5.74, 6) is -0.216. The van der Waals surface area contributed by atoms with Crippen LogP contribution in [0.1, 0.15) is 10.4 Å². The number of nitrogens with zero attached hydrogens (tertiary/aromatic N) is 5. The first-order chi connectivity index (χ1) is 7.83. The van der Waals surface area contributed by atoms with Crippen molar-refractivity contribution in [2.45, 2.75) is 0 Å². The highest BCUT2D eigenvalue weighted by Crippen LogP contribution is 2.13. The van der Waals surface area contributed by atoms with Crippen LogP contribution in [0.3, 0.4) is 0 Å². The fourth-order valence-corrected chi connectivity index (χ4v) is 1.33. The average molecular weight is 217 g/mol. The molecule has 0 atom stereocenters. The van der Waals surface area contributed by atoms with E-state index in [1.807, 2.05) is 0 Å². The highest BCUT2D eigenvalue weighted by atomic mass is 16.1. The minimum absolute atomic E-state index is 0.0734. The van der Waals surface area contributed by atoms with Crippen molar-refractivity contribution in [1.29, 1.82) is 0 Å². The molecule has 2 rings (SSSR count). The molecule has 8 nitrogen and oxygen atoms in total. The number of rotatable bonds is 4. The number of fused-ring (bicyclic) bond motifs is 1. The lowest BCUT2D eigenvalue weighted by Crippen LogP contribution is -2.17. The fourth-order valence-electron chi connectivity index (χ4n) is 1.33. The molecule has 80 valence electrons. The van der Waals surface area contributed by atoms with Crippen LogP contribution >= 0.6 is 0 Å². The van der Waals surface area contributed by atoms with Gasteiger partial charge in [0.15, 0.2) is 0 Å². The lowest BCUT2D eigenvalue weighted by molar-refractivity contribution is 0.0993. The van der Waals surface area contributed by atoms with Crippen molar-refractivity contribution in [1.82, 2.24) is 20.8 Å². The van der Waals surface area contributed by atoms with E-state index < -0.39 is 0 Å². The van der Waals surface area contributed by atoms with Gasteiger partial charge in [-0.15, -0.1) is 5.53 Å². The van der Waals surface area contributed by atoms with Gasteiger partial charge in [0.05, 0.1) is 5.56 Å². The molecule has 0 aliphatic heterocycles. The van der Waals surface area contributed by atoms with Crippen LogP contribution in [0.15, 0.2) is 23.4 Å². The Labute approximate surface area is 89.2 Å². The molecular weight excluding hydrogens is 210 g/mol. The van der Waals surface area contributed by atoms with Crippen molar-refractivity contribution in [3.63, 3.8) is 0 Å². The Kier molecular flexibility index (Phi) is 2.66. The topological polar surface area (TPSA) is 119 Å². The Hall–Kier alpha value is -2.60. The first-order valence-electron chi connectivity index (χ1n) is 4.42. The number of benzene rings is 1. The number of nitrogens with one attached hydrogen (secondary N) is 2. The molecule has 0 amide bonds. The van der Waals surface area contributed by atoms with Crippen LogP contribution < -0.4 is 5.43 Å². The van der Waals surface area contributed by atoms with Crippen LogP contribution in [0.25, 0.3) is 21.5 Å². The predicted molar refractivity (Wildman–Crippen MR) is 55.4 cm³/mol. The molecule has 0 spiro atoms. The maximum Gasteiger partial charge on any atom is 0.206 e. The van der Waals surface area contributed by atoms with Crippen LogP contribution in [-0.2, 0) is 0 Å². The summed E-state index contributed by atoms with van der Waals surface area (Å²) in [5.41, 5.74) is 11.9. The van der Waals surface area contributed by atoms with Gasteiger partial charge in [0.1, 0.15) is 17.6 Å². The van der Waals surface area contributed by atoms with Gasteiger partial charge in [-0.05, 0) is 17.4 Å². The first kappa shape index (κ1) is 9.94. The van der Waals surface area contributed by atoms with E-state index in [0.29, 0.717) is 16.6 Å². The van der Waals surface area contributed by atoms with Gasteiger partial charge in [0.25, 0.3) is 0 Å².